The second kappa shape index (κ2) is 6.76. The van der Waals surface area contributed by atoms with Gasteiger partial charge in [0.05, 0.1) is 0 Å². The van der Waals surface area contributed by atoms with Gasteiger partial charge in [-0.2, -0.15) is 0 Å². The van der Waals surface area contributed by atoms with E-state index in [1.807, 2.05) is 11.0 Å². The Morgan fingerprint density at radius 3 is 2.67 bits per heavy atom. The van der Waals surface area contributed by atoms with Gasteiger partial charge in [0.15, 0.2) is 0 Å². The van der Waals surface area contributed by atoms with Crippen LogP contribution in [0.1, 0.15) is 31.2 Å². The van der Waals surface area contributed by atoms with Crippen LogP contribution in [0.15, 0.2) is 30.3 Å². The molecule has 1 amide bonds. The van der Waals surface area contributed by atoms with Gasteiger partial charge in [-0.25, -0.2) is 0 Å². The van der Waals surface area contributed by atoms with E-state index in [1.54, 1.807) is 0 Å². The monoisotopic (exact) mass is 268 g/mol. The van der Waals surface area contributed by atoms with E-state index in [-0.39, 0.29) is 24.4 Å². The van der Waals surface area contributed by atoms with Crippen molar-refractivity contribution in [3.63, 3.8) is 0 Å². The Hall–Kier alpha value is -1.06. The standard InChI is InChI=1S/C14H20N2O.ClH/c1-11-13(12-5-3-2-4-6-12)8-10-16(11)14(17)7-9-15;/h2-6,11,13H,7-10,15H2,1H3;1H. The molecule has 0 spiro atoms. The fourth-order valence-corrected chi connectivity index (χ4v) is 2.70. The van der Waals surface area contributed by atoms with Crippen LogP contribution in [-0.4, -0.2) is 29.9 Å². The lowest BCUT2D eigenvalue weighted by Gasteiger charge is -2.25. The van der Waals surface area contributed by atoms with Gasteiger partial charge in [-0.15, -0.1) is 12.4 Å². The number of hydrogen-bond acceptors (Lipinski definition) is 2. The number of halogens is 1. The third-order valence-electron chi connectivity index (χ3n) is 3.66. The van der Waals surface area contributed by atoms with E-state index in [4.69, 9.17) is 5.73 Å². The molecule has 3 nitrogen and oxygen atoms in total. The van der Waals surface area contributed by atoms with Crippen molar-refractivity contribution in [2.24, 2.45) is 5.73 Å². The molecule has 1 aliphatic rings. The van der Waals surface area contributed by atoms with Crippen molar-refractivity contribution >= 4 is 18.3 Å². The first kappa shape index (κ1) is 15.0. The molecular weight excluding hydrogens is 248 g/mol. The van der Waals surface area contributed by atoms with Gasteiger partial charge in [0.1, 0.15) is 0 Å². The SMILES string of the molecule is CC1C(c2ccccc2)CCN1C(=O)CCN.Cl. The summed E-state index contributed by atoms with van der Waals surface area (Å²) in [6.45, 7) is 3.44. The number of nitrogens with zero attached hydrogens (tertiary/aromatic N) is 1. The molecule has 1 fully saturated rings. The first-order chi connectivity index (χ1) is 8.24. The van der Waals surface area contributed by atoms with Crippen LogP contribution in [0.5, 0.6) is 0 Å². The highest BCUT2D eigenvalue weighted by Gasteiger charge is 2.33. The van der Waals surface area contributed by atoms with Crippen LogP contribution in [-0.2, 0) is 4.79 Å². The molecule has 18 heavy (non-hydrogen) atoms. The molecule has 2 unspecified atom stereocenters. The van der Waals surface area contributed by atoms with Crippen LogP contribution < -0.4 is 5.73 Å². The van der Waals surface area contributed by atoms with Gasteiger partial charge < -0.3 is 10.6 Å². The smallest absolute Gasteiger partial charge is 0.224 e. The summed E-state index contributed by atoms with van der Waals surface area (Å²) in [6.07, 6.45) is 1.52. The predicted molar refractivity (Wildman–Crippen MR) is 75.9 cm³/mol. The quantitative estimate of drug-likeness (QED) is 0.913. The molecule has 100 valence electrons. The third kappa shape index (κ3) is 3.03. The van der Waals surface area contributed by atoms with Gasteiger partial charge >= 0.3 is 0 Å². The van der Waals surface area contributed by atoms with E-state index in [1.165, 1.54) is 5.56 Å². The van der Waals surface area contributed by atoms with Crippen LogP contribution in [0.4, 0.5) is 0 Å². The number of carbonyl (C=O) groups excluding carboxylic acids is 1. The number of rotatable bonds is 3. The summed E-state index contributed by atoms with van der Waals surface area (Å²) < 4.78 is 0. The van der Waals surface area contributed by atoms with E-state index < -0.39 is 0 Å². The van der Waals surface area contributed by atoms with Crippen molar-refractivity contribution in [1.29, 1.82) is 0 Å². The summed E-state index contributed by atoms with van der Waals surface area (Å²) in [5.74, 6) is 0.663. The van der Waals surface area contributed by atoms with Crippen LogP contribution in [0.25, 0.3) is 0 Å². The molecule has 1 saturated heterocycles. The number of carbonyl (C=O) groups is 1. The molecule has 0 aliphatic carbocycles. The topological polar surface area (TPSA) is 46.3 Å². The minimum absolute atomic E-state index is 0. The second-order valence-electron chi connectivity index (χ2n) is 4.67. The maximum atomic E-state index is 11.9. The zero-order valence-corrected chi connectivity index (χ0v) is 11.5. The maximum Gasteiger partial charge on any atom is 0.224 e. The van der Waals surface area contributed by atoms with Crippen molar-refractivity contribution in [3.05, 3.63) is 35.9 Å². The molecule has 0 bridgehead atoms. The average molecular weight is 269 g/mol. The highest BCUT2D eigenvalue weighted by Crippen LogP contribution is 2.33. The summed E-state index contributed by atoms with van der Waals surface area (Å²) in [5, 5.41) is 0. The van der Waals surface area contributed by atoms with Gasteiger partial charge in [-0.1, -0.05) is 30.3 Å². The molecule has 0 radical (unpaired) electrons. The Labute approximate surface area is 115 Å². The van der Waals surface area contributed by atoms with Crippen LogP contribution in [0.3, 0.4) is 0 Å². The Bertz CT molecular complexity index is 383. The Morgan fingerprint density at radius 1 is 1.39 bits per heavy atom. The fourth-order valence-electron chi connectivity index (χ4n) is 2.70. The second-order valence-corrected chi connectivity index (χ2v) is 4.67. The summed E-state index contributed by atoms with van der Waals surface area (Å²) >= 11 is 0. The molecule has 1 aliphatic heterocycles. The summed E-state index contributed by atoms with van der Waals surface area (Å²) in [7, 11) is 0. The van der Waals surface area contributed by atoms with Crippen LogP contribution >= 0.6 is 12.4 Å². The molecule has 2 rings (SSSR count). The van der Waals surface area contributed by atoms with Gasteiger partial charge in [-0.3, -0.25) is 4.79 Å². The molecule has 0 aromatic heterocycles. The summed E-state index contributed by atoms with van der Waals surface area (Å²) in [5.41, 5.74) is 6.78. The molecule has 1 heterocycles. The molecule has 0 saturated carbocycles. The third-order valence-corrected chi connectivity index (χ3v) is 3.66. The number of benzene rings is 1. The lowest BCUT2D eigenvalue weighted by atomic mass is 9.93. The number of likely N-dealkylation sites (tertiary alicyclic amines) is 1. The van der Waals surface area contributed by atoms with Crippen LogP contribution in [0.2, 0.25) is 0 Å². The number of hydrogen-bond donors (Lipinski definition) is 1. The molecule has 2 atom stereocenters. The van der Waals surface area contributed by atoms with E-state index in [2.05, 4.69) is 31.2 Å². The Kier molecular flexibility index (Phi) is 5.63. The van der Waals surface area contributed by atoms with Crippen molar-refractivity contribution in [2.45, 2.75) is 31.7 Å². The fraction of sp³-hybridized carbons (Fsp3) is 0.500. The number of amides is 1. The van der Waals surface area contributed by atoms with Crippen molar-refractivity contribution in [3.8, 4) is 0 Å². The Morgan fingerprint density at radius 2 is 2.06 bits per heavy atom. The van der Waals surface area contributed by atoms with E-state index in [0.717, 1.165) is 13.0 Å². The first-order valence-corrected chi connectivity index (χ1v) is 6.28. The molecule has 1 aromatic rings. The van der Waals surface area contributed by atoms with E-state index in [0.29, 0.717) is 18.9 Å². The molecule has 1 aromatic carbocycles. The maximum absolute atomic E-state index is 11.9. The Balaban J connectivity index is 0.00000162. The van der Waals surface area contributed by atoms with Crippen molar-refractivity contribution in [1.82, 2.24) is 4.90 Å². The molecule has 4 heteroatoms. The zero-order valence-electron chi connectivity index (χ0n) is 10.7. The molecule has 2 N–H and O–H groups in total. The lowest BCUT2D eigenvalue weighted by Crippen LogP contribution is -2.36. The van der Waals surface area contributed by atoms with Gasteiger partial charge in [0.25, 0.3) is 0 Å². The minimum Gasteiger partial charge on any atom is -0.339 e. The van der Waals surface area contributed by atoms with Crippen LogP contribution in [0, 0.1) is 0 Å². The van der Waals surface area contributed by atoms with Crippen molar-refractivity contribution < 1.29 is 4.79 Å². The molecular formula is C14H21ClN2O. The normalized spacial score (nSPS) is 22.7. The van der Waals surface area contributed by atoms with Gasteiger partial charge in [-0.05, 0) is 18.9 Å². The summed E-state index contributed by atoms with van der Waals surface area (Å²) in [4.78, 5) is 13.9. The largest absolute Gasteiger partial charge is 0.339 e. The van der Waals surface area contributed by atoms with Crippen molar-refractivity contribution in [2.75, 3.05) is 13.1 Å². The number of nitrogens with two attached hydrogens (primary N) is 1. The lowest BCUT2D eigenvalue weighted by molar-refractivity contribution is -0.131. The first-order valence-electron chi connectivity index (χ1n) is 6.28. The van der Waals surface area contributed by atoms with E-state index in [9.17, 15) is 4.79 Å². The van der Waals surface area contributed by atoms with Gasteiger partial charge in [0, 0.05) is 31.5 Å². The minimum atomic E-state index is 0. The average Bonchev–Trinajstić information content (AvgIpc) is 2.72. The van der Waals surface area contributed by atoms with E-state index >= 15 is 0 Å². The predicted octanol–water partition coefficient (Wildman–Crippen LogP) is 2.16. The highest BCUT2D eigenvalue weighted by atomic mass is 35.5. The summed E-state index contributed by atoms with van der Waals surface area (Å²) in [6, 6.07) is 10.7. The highest BCUT2D eigenvalue weighted by molar-refractivity contribution is 5.85. The zero-order chi connectivity index (χ0) is 12.3. The van der Waals surface area contributed by atoms with Gasteiger partial charge in [0.2, 0.25) is 5.91 Å².